The molecular formula is C26H28N2O6. The van der Waals surface area contributed by atoms with E-state index in [1.165, 1.54) is 6.92 Å². The molecule has 0 aliphatic heterocycles. The number of aliphatic hydroxyl groups excluding tert-OH is 1. The Morgan fingerprint density at radius 2 is 1.68 bits per heavy atom. The Labute approximate surface area is 197 Å². The van der Waals surface area contributed by atoms with Gasteiger partial charge in [0.05, 0.1) is 11.5 Å². The van der Waals surface area contributed by atoms with Crippen LogP contribution in [-0.4, -0.2) is 53.0 Å². The van der Waals surface area contributed by atoms with Crippen molar-refractivity contribution in [3.8, 4) is 11.1 Å². The molecule has 2 fully saturated rings. The van der Waals surface area contributed by atoms with Gasteiger partial charge in [0.15, 0.2) is 6.04 Å². The summed E-state index contributed by atoms with van der Waals surface area (Å²) < 4.78 is 5.61. The molecule has 3 unspecified atom stereocenters. The highest BCUT2D eigenvalue weighted by molar-refractivity contribution is 5.90. The second-order valence-electron chi connectivity index (χ2n) is 9.69. The molecule has 0 heterocycles. The van der Waals surface area contributed by atoms with E-state index in [9.17, 15) is 24.6 Å². The lowest BCUT2D eigenvalue weighted by molar-refractivity contribution is -0.145. The number of amides is 2. The van der Waals surface area contributed by atoms with Crippen LogP contribution in [0.25, 0.3) is 11.1 Å². The minimum atomic E-state index is -1.35. The van der Waals surface area contributed by atoms with Gasteiger partial charge in [-0.3, -0.25) is 4.79 Å². The lowest BCUT2D eigenvalue weighted by atomic mass is 9.98. The summed E-state index contributed by atoms with van der Waals surface area (Å²) >= 11 is 0. The Balaban J connectivity index is 1.17. The Kier molecular flexibility index (Phi) is 5.56. The van der Waals surface area contributed by atoms with Crippen LogP contribution in [0.2, 0.25) is 0 Å². The van der Waals surface area contributed by atoms with Crippen LogP contribution in [0.4, 0.5) is 4.79 Å². The Morgan fingerprint density at radius 1 is 1.06 bits per heavy atom. The summed E-state index contributed by atoms with van der Waals surface area (Å²) in [6.45, 7) is 1.55. The first-order valence-electron chi connectivity index (χ1n) is 11.6. The van der Waals surface area contributed by atoms with Crippen LogP contribution in [0.5, 0.6) is 0 Å². The molecule has 8 nitrogen and oxygen atoms in total. The molecule has 2 aromatic rings. The topological polar surface area (TPSA) is 125 Å². The van der Waals surface area contributed by atoms with Gasteiger partial charge in [-0.05, 0) is 54.4 Å². The van der Waals surface area contributed by atoms with Crippen LogP contribution in [0.1, 0.15) is 43.2 Å². The minimum Gasteiger partial charge on any atom is -0.480 e. The summed E-state index contributed by atoms with van der Waals surface area (Å²) in [5.41, 5.74) is 3.92. The normalized spacial score (nSPS) is 25.9. The predicted octanol–water partition coefficient (Wildman–Crippen LogP) is 2.64. The van der Waals surface area contributed by atoms with Crippen molar-refractivity contribution in [2.45, 2.75) is 50.3 Å². The molecule has 0 radical (unpaired) electrons. The van der Waals surface area contributed by atoms with Crippen LogP contribution in [0.15, 0.2) is 48.5 Å². The van der Waals surface area contributed by atoms with Gasteiger partial charge in [0, 0.05) is 12.0 Å². The SMILES string of the molecule is C[C@@H](O)[C@H](NC(=O)C12CC(NC(=O)OCC3c4ccccc4-c4ccccc43)CC1C2)C(=O)O. The third kappa shape index (κ3) is 3.81. The van der Waals surface area contributed by atoms with E-state index in [2.05, 4.69) is 34.9 Å². The van der Waals surface area contributed by atoms with Gasteiger partial charge in [0.1, 0.15) is 6.61 Å². The second-order valence-corrected chi connectivity index (χ2v) is 9.69. The number of benzene rings is 2. The lowest BCUT2D eigenvalue weighted by Crippen LogP contribution is -2.50. The van der Waals surface area contributed by atoms with Gasteiger partial charge in [-0.15, -0.1) is 0 Å². The summed E-state index contributed by atoms with van der Waals surface area (Å²) in [5.74, 6) is -1.58. The highest BCUT2D eigenvalue weighted by atomic mass is 16.5. The average molecular weight is 465 g/mol. The van der Waals surface area contributed by atoms with E-state index in [4.69, 9.17) is 4.74 Å². The van der Waals surface area contributed by atoms with Crippen molar-refractivity contribution < 1.29 is 29.3 Å². The third-order valence-electron chi connectivity index (χ3n) is 7.56. The average Bonchev–Trinajstić information content (AvgIpc) is 3.24. The number of carbonyl (C=O) groups is 3. The van der Waals surface area contributed by atoms with E-state index in [0.29, 0.717) is 19.3 Å². The summed E-state index contributed by atoms with van der Waals surface area (Å²) in [4.78, 5) is 36.7. The number of carboxylic acid groups (broad SMARTS) is 1. The minimum absolute atomic E-state index is 0.0272. The molecule has 34 heavy (non-hydrogen) atoms. The van der Waals surface area contributed by atoms with E-state index in [1.807, 2.05) is 24.3 Å². The lowest BCUT2D eigenvalue weighted by Gasteiger charge is -2.22. The van der Waals surface area contributed by atoms with Crippen molar-refractivity contribution in [1.82, 2.24) is 10.6 Å². The standard InChI is InChI=1S/C26H28N2O6/c1-14(29)22(23(30)31)28-24(32)26-11-15(26)10-16(12-26)27-25(33)34-13-21-19-8-4-2-6-17(19)18-7-3-5-9-20(18)21/h2-9,14-16,21-22,29H,10-13H2,1H3,(H,27,33)(H,28,32)(H,30,31)/t14-,15?,16?,22+,26?/m1/s1. The Bertz CT molecular complexity index is 1100. The quantitative estimate of drug-likeness (QED) is 0.499. The maximum Gasteiger partial charge on any atom is 0.407 e. The first-order valence-corrected chi connectivity index (χ1v) is 11.6. The maximum absolute atomic E-state index is 12.8. The van der Waals surface area contributed by atoms with Crippen molar-refractivity contribution in [1.29, 1.82) is 0 Å². The monoisotopic (exact) mass is 464 g/mol. The number of rotatable bonds is 7. The van der Waals surface area contributed by atoms with Gasteiger partial charge in [-0.1, -0.05) is 48.5 Å². The molecule has 5 atom stereocenters. The molecule has 8 heteroatoms. The zero-order valence-corrected chi connectivity index (χ0v) is 18.9. The van der Waals surface area contributed by atoms with Gasteiger partial charge in [0.25, 0.3) is 0 Å². The van der Waals surface area contributed by atoms with E-state index < -0.39 is 29.6 Å². The largest absolute Gasteiger partial charge is 0.480 e. The fourth-order valence-corrected chi connectivity index (χ4v) is 5.77. The predicted molar refractivity (Wildman–Crippen MR) is 123 cm³/mol. The third-order valence-corrected chi connectivity index (χ3v) is 7.56. The second kappa shape index (κ2) is 8.43. The molecule has 2 aromatic carbocycles. The Morgan fingerprint density at radius 3 is 2.26 bits per heavy atom. The zero-order chi connectivity index (χ0) is 24.0. The van der Waals surface area contributed by atoms with Crippen molar-refractivity contribution in [3.63, 3.8) is 0 Å². The molecule has 0 saturated heterocycles. The van der Waals surface area contributed by atoms with Gasteiger partial charge < -0.3 is 25.6 Å². The molecule has 0 bridgehead atoms. The molecule has 178 valence electrons. The molecule has 2 amide bonds. The highest BCUT2D eigenvalue weighted by Crippen LogP contribution is 2.63. The summed E-state index contributed by atoms with van der Waals surface area (Å²) in [6, 6.07) is 14.7. The molecule has 4 N–H and O–H groups in total. The first-order chi connectivity index (χ1) is 16.3. The molecule has 0 spiro atoms. The van der Waals surface area contributed by atoms with Crippen molar-refractivity contribution in [2.24, 2.45) is 11.3 Å². The summed E-state index contributed by atoms with van der Waals surface area (Å²) in [5, 5.41) is 24.2. The smallest absolute Gasteiger partial charge is 0.407 e. The van der Waals surface area contributed by atoms with Gasteiger partial charge in [0.2, 0.25) is 5.91 Å². The van der Waals surface area contributed by atoms with Crippen LogP contribution in [-0.2, 0) is 14.3 Å². The molecule has 3 aliphatic carbocycles. The number of aliphatic carboxylic acids is 1. The van der Waals surface area contributed by atoms with Gasteiger partial charge in [-0.2, -0.15) is 0 Å². The van der Waals surface area contributed by atoms with Gasteiger partial charge >= 0.3 is 12.1 Å². The number of carbonyl (C=O) groups excluding carboxylic acids is 2. The maximum atomic E-state index is 12.8. The van der Waals surface area contributed by atoms with Crippen LogP contribution in [0.3, 0.4) is 0 Å². The van der Waals surface area contributed by atoms with E-state index >= 15 is 0 Å². The van der Waals surface area contributed by atoms with Crippen LogP contribution in [0, 0.1) is 11.3 Å². The van der Waals surface area contributed by atoms with Crippen LogP contribution >= 0.6 is 0 Å². The first kappa shape index (κ1) is 22.4. The van der Waals surface area contributed by atoms with E-state index in [-0.39, 0.29) is 30.4 Å². The number of nitrogens with one attached hydrogen (secondary N) is 2. The van der Waals surface area contributed by atoms with Gasteiger partial charge in [-0.25, -0.2) is 9.59 Å². The number of ether oxygens (including phenoxy) is 1. The number of alkyl carbamates (subject to hydrolysis) is 1. The molecular weight excluding hydrogens is 436 g/mol. The molecule has 0 aromatic heterocycles. The summed E-state index contributed by atoms with van der Waals surface area (Å²) in [7, 11) is 0. The number of hydrogen-bond acceptors (Lipinski definition) is 5. The molecule has 5 rings (SSSR count). The van der Waals surface area contributed by atoms with Crippen LogP contribution < -0.4 is 10.6 Å². The highest BCUT2D eigenvalue weighted by Gasteiger charge is 2.65. The number of hydrogen-bond donors (Lipinski definition) is 4. The van der Waals surface area contributed by atoms with E-state index in [1.54, 1.807) is 0 Å². The number of fused-ring (bicyclic) bond motifs is 4. The zero-order valence-electron chi connectivity index (χ0n) is 18.9. The Hall–Kier alpha value is -3.39. The van der Waals surface area contributed by atoms with Crippen molar-refractivity contribution in [3.05, 3.63) is 59.7 Å². The number of carboxylic acids is 1. The van der Waals surface area contributed by atoms with Crippen molar-refractivity contribution >= 4 is 18.0 Å². The fraction of sp³-hybridized carbons (Fsp3) is 0.423. The van der Waals surface area contributed by atoms with Crippen molar-refractivity contribution in [2.75, 3.05) is 6.61 Å². The van der Waals surface area contributed by atoms with E-state index in [0.717, 1.165) is 22.3 Å². The summed E-state index contributed by atoms with van der Waals surface area (Å²) in [6.07, 6.45) is 0.0138. The molecule has 3 aliphatic rings. The fourth-order valence-electron chi connectivity index (χ4n) is 5.77. The molecule has 2 saturated carbocycles. The number of aliphatic hydroxyl groups is 1.